The van der Waals surface area contributed by atoms with Crippen LogP contribution < -0.4 is 16.0 Å². The van der Waals surface area contributed by atoms with Crippen molar-refractivity contribution in [1.82, 2.24) is 20.2 Å². The zero-order valence-electron chi connectivity index (χ0n) is 16.4. The van der Waals surface area contributed by atoms with Crippen LogP contribution in [0.2, 0.25) is 0 Å². The molecule has 0 bridgehead atoms. The number of halogens is 1. The van der Waals surface area contributed by atoms with Gasteiger partial charge in [-0.15, -0.1) is 0 Å². The predicted molar refractivity (Wildman–Crippen MR) is 118 cm³/mol. The van der Waals surface area contributed by atoms with Crippen molar-refractivity contribution in [2.24, 2.45) is 5.92 Å². The Morgan fingerprint density at radius 3 is 2.87 bits per heavy atom. The molecule has 3 heterocycles. The van der Waals surface area contributed by atoms with Gasteiger partial charge in [0.25, 0.3) is 5.56 Å². The topological polar surface area (TPSA) is 110 Å². The van der Waals surface area contributed by atoms with Crippen molar-refractivity contribution in [2.75, 3.05) is 12.3 Å². The molecule has 1 saturated carbocycles. The number of anilines is 1. The molecule has 0 saturated heterocycles. The Kier molecular flexibility index (Phi) is 3.77. The van der Waals surface area contributed by atoms with Crippen molar-refractivity contribution in [1.29, 1.82) is 0 Å². The quantitative estimate of drug-likeness (QED) is 0.382. The number of hydrogen-bond donors (Lipinski definition) is 3. The highest BCUT2D eigenvalue weighted by molar-refractivity contribution is 6.15. The van der Waals surface area contributed by atoms with E-state index in [1.807, 2.05) is 18.2 Å². The Labute approximate surface area is 175 Å². The van der Waals surface area contributed by atoms with Crippen LogP contribution in [-0.4, -0.2) is 26.8 Å². The first-order valence-electron chi connectivity index (χ1n) is 10.1. The van der Waals surface area contributed by atoms with Crippen molar-refractivity contribution in [2.45, 2.75) is 12.8 Å². The van der Waals surface area contributed by atoms with E-state index in [1.165, 1.54) is 25.1 Å². The number of nitrogens with zero attached hydrogens (tertiary/aromatic N) is 2. The first kappa shape index (κ1) is 17.9. The van der Waals surface area contributed by atoms with E-state index < -0.39 is 11.4 Å². The van der Waals surface area contributed by atoms with Gasteiger partial charge in [-0.1, -0.05) is 6.07 Å². The summed E-state index contributed by atoms with van der Waals surface area (Å²) in [6, 6.07) is 8.53. The number of hydrogen-bond acceptors (Lipinski definition) is 5. The smallest absolute Gasteiger partial charge is 0.272 e. The van der Waals surface area contributed by atoms with Crippen LogP contribution in [0.25, 0.3) is 43.8 Å². The second-order valence-electron chi connectivity index (χ2n) is 7.95. The summed E-state index contributed by atoms with van der Waals surface area (Å²) < 4.78 is 20.4. The lowest BCUT2D eigenvalue weighted by atomic mass is 9.95. The fourth-order valence-electron chi connectivity index (χ4n) is 4.10. The molecule has 5 aromatic rings. The number of pyridine rings is 2. The van der Waals surface area contributed by atoms with Crippen molar-refractivity contribution in [3.8, 4) is 16.9 Å². The molecule has 0 spiro atoms. The molecular weight excluding hydrogens is 397 g/mol. The summed E-state index contributed by atoms with van der Waals surface area (Å²) in [5, 5.41) is 8.66. The minimum absolute atomic E-state index is 0.0537. The molecule has 0 unspecified atom stereocenters. The number of ether oxygens (including phenoxy) is 1. The van der Waals surface area contributed by atoms with Gasteiger partial charge in [0.05, 0.1) is 18.3 Å². The first-order chi connectivity index (χ1) is 15.1. The van der Waals surface area contributed by atoms with Crippen LogP contribution in [0.4, 0.5) is 10.1 Å². The molecule has 1 fully saturated rings. The second-order valence-corrected chi connectivity index (χ2v) is 7.95. The maximum absolute atomic E-state index is 14.3. The van der Waals surface area contributed by atoms with Crippen molar-refractivity contribution >= 4 is 38.4 Å². The minimum Gasteiger partial charge on any atom is -0.491 e. The summed E-state index contributed by atoms with van der Waals surface area (Å²) in [5.41, 5.74) is 8.60. The molecule has 6 rings (SSSR count). The van der Waals surface area contributed by atoms with Crippen LogP contribution in [0.3, 0.4) is 0 Å². The van der Waals surface area contributed by atoms with Crippen LogP contribution in [0.5, 0.6) is 5.75 Å². The van der Waals surface area contributed by atoms with Crippen molar-refractivity contribution < 1.29 is 9.13 Å². The highest BCUT2D eigenvalue weighted by Gasteiger charge is 2.24. The van der Waals surface area contributed by atoms with E-state index in [4.69, 9.17) is 10.5 Å². The fourth-order valence-corrected chi connectivity index (χ4v) is 4.10. The van der Waals surface area contributed by atoms with E-state index in [9.17, 15) is 9.18 Å². The van der Waals surface area contributed by atoms with Gasteiger partial charge in [-0.25, -0.2) is 4.39 Å². The van der Waals surface area contributed by atoms with Gasteiger partial charge >= 0.3 is 0 Å². The van der Waals surface area contributed by atoms with E-state index in [1.54, 1.807) is 12.3 Å². The average molecular weight is 415 g/mol. The Balaban J connectivity index is 1.72. The SMILES string of the molecule is Nc1c(-c2ccc(F)c3[nH]ncc23)c2cc(OCC3CC3)c3ncccc3c2[nH]c1=O. The first-order valence-corrected chi connectivity index (χ1v) is 10.1. The number of benzene rings is 2. The minimum atomic E-state index is -0.424. The third-order valence-electron chi connectivity index (χ3n) is 5.88. The van der Waals surface area contributed by atoms with Crippen LogP contribution in [0.1, 0.15) is 12.8 Å². The summed E-state index contributed by atoms with van der Waals surface area (Å²) in [4.78, 5) is 20.2. The molecule has 0 amide bonds. The van der Waals surface area contributed by atoms with Gasteiger partial charge in [-0.2, -0.15) is 5.10 Å². The summed E-state index contributed by atoms with van der Waals surface area (Å²) in [6.45, 7) is 0.619. The van der Waals surface area contributed by atoms with Gasteiger partial charge in [0, 0.05) is 27.9 Å². The van der Waals surface area contributed by atoms with Gasteiger partial charge in [-0.05, 0) is 48.6 Å². The zero-order chi connectivity index (χ0) is 21.1. The Hall–Kier alpha value is -3.94. The third kappa shape index (κ3) is 2.75. The molecule has 1 aliphatic rings. The number of nitrogens with two attached hydrogens (primary N) is 1. The lowest BCUT2D eigenvalue weighted by Gasteiger charge is -2.15. The summed E-state index contributed by atoms with van der Waals surface area (Å²) >= 11 is 0. The number of H-pyrrole nitrogens is 2. The largest absolute Gasteiger partial charge is 0.491 e. The van der Waals surface area contributed by atoms with Crippen molar-refractivity contribution in [3.05, 3.63) is 58.9 Å². The van der Waals surface area contributed by atoms with Crippen LogP contribution >= 0.6 is 0 Å². The Morgan fingerprint density at radius 2 is 2.03 bits per heavy atom. The molecule has 154 valence electrons. The molecule has 3 aromatic heterocycles. The maximum Gasteiger partial charge on any atom is 0.272 e. The molecular formula is C23H18FN5O2. The van der Waals surface area contributed by atoms with E-state index in [0.717, 1.165) is 5.39 Å². The molecule has 0 atom stereocenters. The molecule has 8 heteroatoms. The summed E-state index contributed by atoms with van der Waals surface area (Å²) in [7, 11) is 0. The zero-order valence-corrected chi connectivity index (χ0v) is 16.4. The van der Waals surface area contributed by atoms with Gasteiger partial charge in [0.1, 0.15) is 28.3 Å². The molecule has 0 aliphatic heterocycles. The van der Waals surface area contributed by atoms with E-state index in [0.29, 0.717) is 51.2 Å². The average Bonchev–Trinajstić information content (AvgIpc) is 3.47. The number of aromatic amines is 2. The molecule has 2 aromatic carbocycles. The lowest BCUT2D eigenvalue weighted by Crippen LogP contribution is -2.14. The van der Waals surface area contributed by atoms with E-state index in [2.05, 4.69) is 20.2 Å². The summed E-state index contributed by atoms with van der Waals surface area (Å²) in [6.07, 6.45) is 5.56. The normalized spacial score (nSPS) is 14.0. The third-order valence-corrected chi connectivity index (χ3v) is 5.88. The molecule has 7 nitrogen and oxygen atoms in total. The lowest BCUT2D eigenvalue weighted by molar-refractivity contribution is 0.303. The molecule has 31 heavy (non-hydrogen) atoms. The predicted octanol–water partition coefficient (Wildman–Crippen LogP) is 4.13. The number of fused-ring (bicyclic) bond motifs is 4. The number of rotatable bonds is 4. The van der Waals surface area contributed by atoms with Gasteiger partial charge in [0.2, 0.25) is 0 Å². The standard InChI is InChI=1S/C23H18FN5O2/c24-16-6-5-12(15-9-27-29-21(15)16)18-14-8-17(31-10-11-3-4-11)22-13(2-1-7-26-22)20(14)28-23(30)19(18)25/h1-2,5-9,11H,3-4,10,25H2,(H,27,29)(H,28,30). The van der Waals surface area contributed by atoms with Gasteiger partial charge in [0.15, 0.2) is 0 Å². The van der Waals surface area contributed by atoms with Crippen LogP contribution in [-0.2, 0) is 0 Å². The van der Waals surface area contributed by atoms with Gasteiger partial charge in [-0.3, -0.25) is 14.9 Å². The van der Waals surface area contributed by atoms with Crippen LogP contribution in [0.15, 0.2) is 47.5 Å². The Bertz CT molecular complexity index is 1550. The summed E-state index contributed by atoms with van der Waals surface area (Å²) in [5.74, 6) is 0.776. The highest BCUT2D eigenvalue weighted by Crippen LogP contribution is 2.41. The Morgan fingerprint density at radius 1 is 1.16 bits per heavy atom. The number of nitrogens with one attached hydrogen (secondary N) is 2. The van der Waals surface area contributed by atoms with E-state index >= 15 is 0 Å². The van der Waals surface area contributed by atoms with Gasteiger partial charge < -0.3 is 15.5 Å². The monoisotopic (exact) mass is 415 g/mol. The van der Waals surface area contributed by atoms with Crippen LogP contribution in [0, 0.1) is 11.7 Å². The van der Waals surface area contributed by atoms with E-state index in [-0.39, 0.29) is 11.2 Å². The fraction of sp³-hybridized carbons (Fsp3) is 0.174. The molecule has 0 radical (unpaired) electrons. The number of aromatic nitrogens is 4. The maximum atomic E-state index is 14.3. The molecule has 4 N–H and O–H groups in total. The second kappa shape index (κ2) is 6.53. The van der Waals surface area contributed by atoms with Crippen molar-refractivity contribution in [3.63, 3.8) is 0 Å². The molecule has 1 aliphatic carbocycles. The number of nitrogen functional groups attached to an aromatic ring is 1. The highest BCUT2D eigenvalue weighted by atomic mass is 19.1.